The number of ether oxygens (including phenoxy) is 2. The van der Waals surface area contributed by atoms with Crippen LogP contribution in [0.2, 0.25) is 10.0 Å². The van der Waals surface area contributed by atoms with E-state index >= 15 is 0 Å². The highest BCUT2D eigenvalue weighted by molar-refractivity contribution is 6.43. The van der Waals surface area contributed by atoms with Gasteiger partial charge < -0.3 is 14.8 Å². The third-order valence-corrected chi connectivity index (χ3v) is 5.28. The van der Waals surface area contributed by atoms with E-state index in [1.807, 2.05) is 24.3 Å². The smallest absolute Gasteiger partial charge is 0.326 e. The molecule has 0 unspecified atom stereocenters. The predicted molar refractivity (Wildman–Crippen MR) is 112 cm³/mol. The number of rotatable bonds is 8. The van der Waals surface area contributed by atoms with E-state index in [4.69, 9.17) is 32.7 Å². The van der Waals surface area contributed by atoms with Crippen LogP contribution in [-0.4, -0.2) is 55.4 Å². The third kappa shape index (κ3) is 5.34. The number of methoxy groups -OCH3 is 1. The van der Waals surface area contributed by atoms with Gasteiger partial charge in [0.05, 0.1) is 28.3 Å². The number of hydrogen-bond donors (Lipinski definition) is 1. The van der Waals surface area contributed by atoms with Crippen LogP contribution in [0.4, 0.5) is 0 Å². The summed E-state index contributed by atoms with van der Waals surface area (Å²) in [6.07, 6.45) is 0.587. The molecule has 0 aromatic heterocycles. The van der Waals surface area contributed by atoms with Crippen molar-refractivity contribution in [1.29, 1.82) is 0 Å². The zero-order chi connectivity index (χ0) is 22.5. The first-order valence-corrected chi connectivity index (χ1v) is 9.96. The fourth-order valence-corrected chi connectivity index (χ4v) is 3.26. The second kappa shape index (κ2) is 9.80. The standard InChI is InChI=1S/C21H18Cl2N2O6/c1-30-13-4-2-12(3-5-13)6-7-24-18(26)11-31-19(27)10-25-20(28)14-8-16(22)17(23)9-15(14)21(25)29/h2-5,8-9H,6-7,10-11H2,1H3,(H,24,26). The van der Waals surface area contributed by atoms with Gasteiger partial charge in [0.1, 0.15) is 12.3 Å². The van der Waals surface area contributed by atoms with Gasteiger partial charge in [-0.1, -0.05) is 35.3 Å². The summed E-state index contributed by atoms with van der Waals surface area (Å²) in [5.74, 6) is -2.01. The fourth-order valence-electron chi connectivity index (χ4n) is 2.94. The summed E-state index contributed by atoms with van der Waals surface area (Å²) in [4.78, 5) is 49.4. The van der Waals surface area contributed by atoms with E-state index in [1.165, 1.54) is 12.1 Å². The number of fused-ring (bicyclic) bond motifs is 1. The van der Waals surface area contributed by atoms with Gasteiger partial charge in [-0.2, -0.15) is 0 Å². The molecule has 10 heteroatoms. The number of nitrogens with zero attached hydrogens (tertiary/aromatic N) is 1. The molecule has 0 aliphatic carbocycles. The Balaban J connectivity index is 1.44. The monoisotopic (exact) mass is 464 g/mol. The van der Waals surface area contributed by atoms with E-state index in [2.05, 4.69) is 5.32 Å². The Morgan fingerprint density at radius 2 is 1.58 bits per heavy atom. The highest BCUT2D eigenvalue weighted by Crippen LogP contribution is 2.31. The average molecular weight is 465 g/mol. The maximum Gasteiger partial charge on any atom is 0.326 e. The number of halogens is 2. The number of hydrogen-bond acceptors (Lipinski definition) is 6. The largest absolute Gasteiger partial charge is 0.497 e. The van der Waals surface area contributed by atoms with Gasteiger partial charge >= 0.3 is 5.97 Å². The molecule has 1 heterocycles. The molecule has 1 N–H and O–H groups in total. The van der Waals surface area contributed by atoms with Crippen molar-refractivity contribution in [3.05, 3.63) is 63.1 Å². The van der Waals surface area contributed by atoms with E-state index in [-0.39, 0.29) is 21.2 Å². The molecular weight excluding hydrogens is 447 g/mol. The Bertz CT molecular complexity index is 998. The summed E-state index contributed by atoms with van der Waals surface area (Å²) in [7, 11) is 1.58. The number of benzene rings is 2. The van der Waals surface area contributed by atoms with Gasteiger partial charge in [0.25, 0.3) is 17.7 Å². The summed E-state index contributed by atoms with van der Waals surface area (Å²) < 4.78 is 9.96. The first-order chi connectivity index (χ1) is 14.8. The molecule has 0 spiro atoms. The van der Waals surface area contributed by atoms with Gasteiger partial charge in [0.15, 0.2) is 6.61 Å². The molecule has 8 nitrogen and oxygen atoms in total. The Morgan fingerprint density at radius 1 is 1.00 bits per heavy atom. The van der Waals surface area contributed by atoms with E-state index < -0.39 is 36.8 Å². The molecule has 2 aromatic rings. The van der Waals surface area contributed by atoms with Crippen molar-refractivity contribution >= 4 is 46.9 Å². The van der Waals surface area contributed by atoms with Crippen molar-refractivity contribution in [2.45, 2.75) is 6.42 Å². The van der Waals surface area contributed by atoms with Crippen LogP contribution < -0.4 is 10.1 Å². The Kier molecular flexibility index (Phi) is 7.14. The molecule has 3 rings (SSSR count). The molecule has 31 heavy (non-hydrogen) atoms. The van der Waals surface area contributed by atoms with E-state index in [9.17, 15) is 19.2 Å². The number of nitrogens with one attached hydrogen (secondary N) is 1. The Labute approximate surface area is 188 Å². The van der Waals surface area contributed by atoms with Crippen molar-refractivity contribution in [2.75, 3.05) is 26.8 Å². The number of imide groups is 1. The average Bonchev–Trinajstić information content (AvgIpc) is 2.97. The summed E-state index contributed by atoms with van der Waals surface area (Å²) in [5, 5.41) is 2.87. The number of amides is 3. The van der Waals surface area contributed by atoms with Crippen molar-refractivity contribution < 1.29 is 28.7 Å². The molecule has 0 fully saturated rings. The minimum atomic E-state index is -0.892. The minimum Gasteiger partial charge on any atom is -0.497 e. The van der Waals surface area contributed by atoms with Crippen LogP contribution >= 0.6 is 23.2 Å². The van der Waals surface area contributed by atoms with E-state index in [1.54, 1.807) is 7.11 Å². The second-order valence-corrected chi connectivity index (χ2v) is 7.43. The summed E-state index contributed by atoms with van der Waals surface area (Å²) in [6.45, 7) is -0.800. The highest BCUT2D eigenvalue weighted by Gasteiger charge is 2.37. The molecule has 0 bridgehead atoms. The third-order valence-electron chi connectivity index (χ3n) is 4.56. The zero-order valence-electron chi connectivity index (χ0n) is 16.4. The molecule has 3 amide bonds. The van der Waals surface area contributed by atoms with Crippen LogP contribution in [0, 0.1) is 0 Å². The topological polar surface area (TPSA) is 102 Å². The Morgan fingerprint density at radius 3 is 2.13 bits per heavy atom. The molecule has 2 aromatic carbocycles. The quantitative estimate of drug-likeness (QED) is 0.475. The Hall–Kier alpha value is -3.10. The van der Waals surface area contributed by atoms with Gasteiger partial charge in [-0.15, -0.1) is 0 Å². The maximum atomic E-state index is 12.4. The van der Waals surface area contributed by atoms with Crippen molar-refractivity contribution in [3.8, 4) is 5.75 Å². The lowest BCUT2D eigenvalue weighted by Gasteiger charge is -2.13. The van der Waals surface area contributed by atoms with Crippen molar-refractivity contribution in [2.24, 2.45) is 0 Å². The van der Waals surface area contributed by atoms with Crippen LogP contribution in [0.25, 0.3) is 0 Å². The van der Waals surface area contributed by atoms with Crippen LogP contribution in [0.1, 0.15) is 26.3 Å². The molecule has 0 radical (unpaired) electrons. The SMILES string of the molecule is COc1ccc(CCNC(=O)COC(=O)CN2C(=O)c3cc(Cl)c(Cl)cc3C2=O)cc1. The van der Waals surface area contributed by atoms with Gasteiger partial charge in [0.2, 0.25) is 0 Å². The van der Waals surface area contributed by atoms with E-state index in [0.29, 0.717) is 13.0 Å². The van der Waals surface area contributed by atoms with Crippen LogP contribution in [0.15, 0.2) is 36.4 Å². The van der Waals surface area contributed by atoms with Crippen LogP contribution in [0.5, 0.6) is 5.75 Å². The second-order valence-electron chi connectivity index (χ2n) is 6.62. The molecular formula is C21H18Cl2N2O6. The lowest BCUT2D eigenvalue weighted by Crippen LogP contribution is -2.37. The first kappa shape index (κ1) is 22.6. The lowest BCUT2D eigenvalue weighted by molar-refractivity contribution is -0.148. The molecule has 0 saturated carbocycles. The normalized spacial score (nSPS) is 12.5. The molecule has 1 aliphatic rings. The number of carbonyl (C=O) groups is 4. The van der Waals surface area contributed by atoms with Gasteiger partial charge in [0, 0.05) is 6.54 Å². The summed E-state index contributed by atoms with van der Waals surface area (Å²) in [5.41, 5.74) is 1.12. The minimum absolute atomic E-state index is 0.0588. The highest BCUT2D eigenvalue weighted by atomic mass is 35.5. The van der Waals surface area contributed by atoms with Crippen LogP contribution in [-0.2, 0) is 20.7 Å². The van der Waals surface area contributed by atoms with Crippen molar-refractivity contribution in [3.63, 3.8) is 0 Å². The van der Waals surface area contributed by atoms with Crippen molar-refractivity contribution in [1.82, 2.24) is 10.2 Å². The molecule has 1 aliphatic heterocycles. The molecule has 0 saturated heterocycles. The predicted octanol–water partition coefficient (Wildman–Crippen LogP) is 2.50. The molecule has 162 valence electrons. The van der Waals surface area contributed by atoms with Gasteiger partial charge in [-0.05, 0) is 36.2 Å². The zero-order valence-corrected chi connectivity index (χ0v) is 18.0. The van der Waals surface area contributed by atoms with Gasteiger partial charge in [-0.3, -0.25) is 24.1 Å². The number of carbonyl (C=O) groups excluding carboxylic acids is 4. The fraction of sp³-hybridized carbons (Fsp3) is 0.238. The summed E-state index contributed by atoms with van der Waals surface area (Å²) >= 11 is 11.8. The summed E-state index contributed by atoms with van der Waals surface area (Å²) in [6, 6.07) is 9.96. The maximum absolute atomic E-state index is 12.4. The van der Waals surface area contributed by atoms with Crippen LogP contribution in [0.3, 0.4) is 0 Å². The lowest BCUT2D eigenvalue weighted by atomic mass is 10.1. The first-order valence-electron chi connectivity index (χ1n) is 9.20. The van der Waals surface area contributed by atoms with E-state index in [0.717, 1.165) is 16.2 Å². The number of esters is 1. The molecule has 0 atom stereocenters. The van der Waals surface area contributed by atoms with Gasteiger partial charge in [-0.25, -0.2) is 0 Å².